The van der Waals surface area contributed by atoms with Crippen LogP contribution in [-0.4, -0.2) is 18.2 Å². The van der Waals surface area contributed by atoms with Gasteiger partial charge in [-0.15, -0.1) is 0 Å². The lowest BCUT2D eigenvalue weighted by Crippen LogP contribution is -2.41. The Balaban J connectivity index is 1.42. The lowest BCUT2D eigenvalue weighted by Gasteiger charge is -2.29. The number of urea groups is 1. The monoisotopic (exact) mass is 438 g/mol. The molecule has 0 aliphatic heterocycles. The summed E-state index contributed by atoms with van der Waals surface area (Å²) in [5.41, 5.74) is 0.671. The first-order valence-corrected chi connectivity index (χ1v) is 9.69. The van der Waals surface area contributed by atoms with Gasteiger partial charge >= 0.3 is 6.03 Å². The lowest BCUT2D eigenvalue weighted by molar-refractivity contribution is 0.00964. The molecule has 0 aromatic heterocycles. The number of carbonyl (C=O) groups is 1. The van der Waals surface area contributed by atoms with Crippen molar-refractivity contribution >= 4 is 27.6 Å². The number of rotatable bonds is 5. The fourth-order valence-electron chi connectivity index (χ4n) is 3.15. The van der Waals surface area contributed by atoms with Crippen LogP contribution in [0.2, 0.25) is 0 Å². The van der Waals surface area contributed by atoms with E-state index in [1.807, 2.05) is 24.3 Å². The Morgan fingerprint density at radius 1 is 1.04 bits per heavy atom. The van der Waals surface area contributed by atoms with Gasteiger partial charge in [0, 0.05) is 16.1 Å². The highest BCUT2D eigenvalue weighted by molar-refractivity contribution is 9.10. The number of hydrogen-bond donors (Lipinski definition) is 2. The summed E-state index contributed by atoms with van der Waals surface area (Å²) in [7, 11) is 0. The van der Waals surface area contributed by atoms with E-state index < -0.39 is 11.6 Å². The molecular weight excluding hydrogens is 418 g/mol. The zero-order valence-electron chi connectivity index (χ0n) is 14.7. The van der Waals surface area contributed by atoms with Gasteiger partial charge in [-0.1, -0.05) is 18.2 Å². The SMILES string of the molecule is O=C(Nc1ccccc1Br)NC1CCC(OCc2c(F)cccc2F)CC1. The van der Waals surface area contributed by atoms with Crippen LogP contribution in [-0.2, 0) is 11.3 Å². The standard InChI is InChI=1S/C20H21BrF2N2O2/c21-16-4-1-2-7-19(16)25-20(26)24-13-8-10-14(11-9-13)27-12-15-17(22)5-3-6-18(15)23/h1-7,13-14H,8-12H2,(H2,24,25,26). The second-order valence-electron chi connectivity index (χ2n) is 6.56. The first kappa shape index (κ1) is 19.8. The molecule has 3 rings (SSSR count). The minimum absolute atomic E-state index is 0.0365. The zero-order valence-corrected chi connectivity index (χ0v) is 16.3. The van der Waals surface area contributed by atoms with Crippen LogP contribution in [0.3, 0.4) is 0 Å². The van der Waals surface area contributed by atoms with Gasteiger partial charge in [0.15, 0.2) is 0 Å². The van der Waals surface area contributed by atoms with Gasteiger partial charge in [0.1, 0.15) is 11.6 Å². The van der Waals surface area contributed by atoms with Gasteiger partial charge in [-0.25, -0.2) is 13.6 Å². The predicted molar refractivity (Wildman–Crippen MR) is 103 cm³/mol. The number of ether oxygens (including phenoxy) is 1. The zero-order chi connectivity index (χ0) is 19.2. The molecule has 0 saturated heterocycles. The number of anilines is 1. The molecular formula is C20H21BrF2N2O2. The van der Waals surface area contributed by atoms with E-state index in [9.17, 15) is 13.6 Å². The van der Waals surface area contributed by atoms with Crippen molar-refractivity contribution in [2.75, 3.05) is 5.32 Å². The molecule has 0 heterocycles. The molecule has 144 valence electrons. The van der Waals surface area contributed by atoms with E-state index in [1.165, 1.54) is 18.2 Å². The molecule has 1 saturated carbocycles. The van der Waals surface area contributed by atoms with Crippen molar-refractivity contribution in [3.63, 3.8) is 0 Å². The second kappa shape index (κ2) is 9.28. The van der Waals surface area contributed by atoms with Crippen LogP contribution in [0.15, 0.2) is 46.9 Å². The molecule has 0 radical (unpaired) electrons. The van der Waals surface area contributed by atoms with Crippen LogP contribution < -0.4 is 10.6 Å². The number of carbonyl (C=O) groups excluding carboxylic acids is 1. The third-order valence-electron chi connectivity index (χ3n) is 4.66. The van der Waals surface area contributed by atoms with Crippen LogP contribution in [0.25, 0.3) is 0 Å². The summed E-state index contributed by atoms with van der Waals surface area (Å²) in [4.78, 5) is 12.1. The van der Waals surface area contributed by atoms with E-state index >= 15 is 0 Å². The first-order valence-electron chi connectivity index (χ1n) is 8.89. The minimum Gasteiger partial charge on any atom is -0.373 e. The molecule has 1 aliphatic carbocycles. The first-order chi connectivity index (χ1) is 13.0. The molecule has 1 aliphatic rings. The van der Waals surface area contributed by atoms with Crippen molar-refractivity contribution < 1.29 is 18.3 Å². The van der Waals surface area contributed by atoms with Gasteiger partial charge in [-0.05, 0) is 65.9 Å². The van der Waals surface area contributed by atoms with Gasteiger partial charge < -0.3 is 15.4 Å². The molecule has 2 aromatic carbocycles. The van der Waals surface area contributed by atoms with E-state index in [-0.39, 0.29) is 30.3 Å². The third-order valence-corrected chi connectivity index (χ3v) is 5.35. The predicted octanol–water partition coefficient (Wildman–Crippen LogP) is 5.38. The number of benzene rings is 2. The Morgan fingerprint density at radius 3 is 2.37 bits per heavy atom. The van der Waals surface area contributed by atoms with Crippen LogP contribution in [0.5, 0.6) is 0 Å². The normalized spacial score (nSPS) is 19.5. The van der Waals surface area contributed by atoms with E-state index in [0.717, 1.165) is 30.2 Å². The molecule has 2 aromatic rings. The summed E-state index contributed by atoms with van der Waals surface area (Å²) in [6.07, 6.45) is 2.92. The van der Waals surface area contributed by atoms with Crippen LogP contribution in [0, 0.1) is 11.6 Å². The average Bonchev–Trinajstić information content (AvgIpc) is 2.64. The molecule has 0 unspecified atom stereocenters. The van der Waals surface area contributed by atoms with Crippen molar-refractivity contribution in [1.82, 2.24) is 5.32 Å². The third kappa shape index (κ3) is 5.49. The van der Waals surface area contributed by atoms with Gasteiger partial charge in [-0.3, -0.25) is 0 Å². The molecule has 0 spiro atoms. The van der Waals surface area contributed by atoms with E-state index in [1.54, 1.807) is 0 Å². The molecule has 27 heavy (non-hydrogen) atoms. The summed E-state index contributed by atoms with van der Waals surface area (Å²) in [6, 6.07) is 11.0. The van der Waals surface area contributed by atoms with Crippen molar-refractivity contribution in [3.05, 3.63) is 64.1 Å². The Hall–Kier alpha value is -1.99. The molecule has 4 nitrogen and oxygen atoms in total. The van der Waals surface area contributed by atoms with E-state index in [2.05, 4.69) is 26.6 Å². The van der Waals surface area contributed by atoms with Gasteiger partial charge in [0.05, 0.1) is 18.4 Å². The number of amides is 2. The van der Waals surface area contributed by atoms with E-state index in [0.29, 0.717) is 5.69 Å². The second-order valence-corrected chi connectivity index (χ2v) is 7.42. The summed E-state index contributed by atoms with van der Waals surface area (Å²) in [6.45, 7) is -0.0796. The Bertz CT molecular complexity index is 775. The number of para-hydroxylation sites is 1. The molecule has 0 bridgehead atoms. The Labute approximate surface area is 165 Å². The topological polar surface area (TPSA) is 50.4 Å². The van der Waals surface area contributed by atoms with Crippen molar-refractivity contribution in [2.45, 2.75) is 44.4 Å². The Morgan fingerprint density at radius 2 is 1.70 bits per heavy atom. The van der Waals surface area contributed by atoms with Crippen LogP contribution in [0.4, 0.5) is 19.3 Å². The fourth-order valence-corrected chi connectivity index (χ4v) is 3.54. The van der Waals surface area contributed by atoms with Crippen LogP contribution >= 0.6 is 15.9 Å². The van der Waals surface area contributed by atoms with Gasteiger partial charge in [0.25, 0.3) is 0 Å². The molecule has 2 N–H and O–H groups in total. The largest absolute Gasteiger partial charge is 0.373 e. The van der Waals surface area contributed by atoms with Crippen molar-refractivity contribution in [3.8, 4) is 0 Å². The fraction of sp³-hybridized carbons (Fsp3) is 0.350. The highest BCUT2D eigenvalue weighted by atomic mass is 79.9. The minimum atomic E-state index is -0.589. The highest BCUT2D eigenvalue weighted by Gasteiger charge is 2.23. The summed E-state index contributed by atoms with van der Waals surface area (Å²) in [5, 5.41) is 5.78. The van der Waals surface area contributed by atoms with Crippen molar-refractivity contribution in [1.29, 1.82) is 0 Å². The maximum absolute atomic E-state index is 13.6. The number of nitrogens with one attached hydrogen (secondary N) is 2. The highest BCUT2D eigenvalue weighted by Crippen LogP contribution is 2.24. The smallest absolute Gasteiger partial charge is 0.319 e. The molecule has 0 atom stereocenters. The summed E-state index contributed by atoms with van der Waals surface area (Å²) in [5.74, 6) is -1.18. The van der Waals surface area contributed by atoms with Gasteiger partial charge in [0.2, 0.25) is 0 Å². The lowest BCUT2D eigenvalue weighted by atomic mass is 9.93. The van der Waals surface area contributed by atoms with Gasteiger partial charge in [-0.2, -0.15) is 0 Å². The number of hydrogen-bond acceptors (Lipinski definition) is 2. The van der Waals surface area contributed by atoms with E-state index in [4.69, 9.17) is 4.74 Å². The molecule has 2 amide bonds. The summed E-state index contributed by atoms with van der Waals surface area (Å²) < 4.78 is 33.8. The maximum atomic E-state index is 13.6. The summed E-state index contributed by atoms with van der Waals surface area (Å²) >= 11 is 3.39. The molecule has 1 fully saturated rings. The maximum Gasteiger partial charge on any atom is 0.319 e. The quantitative estimate of drug-likeness (QED) is 0.658. The number of halogens is 3. The van der Waals surface area contributed by atoms with Crippen molar-refractivity contribution in [2.24, 2.45) is 0 Å². The molecule has 7 heteroatoms. The average molecular weight is 439 g/mol. The Kier molecular flexibility index (Phi) is 6.79. The van der Waals surface area contributed by atoms with Crippen LogP contribution in [0.1, 0.15) is 31.2 Å².